The predicted octanol–water partition coefficient (Wildman–Crippen LogP) is 2.44. The topological polar surface area (TPSA) is 56.5 Å². The first-order valence-electron chi connectivity index (χ1n) is 4.47. The van der Waals surface area contributed by atoms with Crippen molar-refractivity contribution in [2.24, 2.45) is 7.05 Å². The minimum atomic E-state index is 0.780. The molecular formula is C9H5Br2N5. The molecule has 2 aromatic heterocycles. The van der Waals surface area contributed by atoms with E-state index in [0.717, 1.165) is 31.0 Å². The first-order chi connectivity index (χ1) is 7.68. The highest BCUT2D eigenvalue weighted by molar-refractivity contribution is 9.11. The maximum atomic E-state index is 4.28. The Morgan fingerprint density at radius 3 is 1.75 bits per heavy atom. The lowest BCUT2D eigenvalue weighted by Gasteiger charge is -2.01. The highest BCUT2D eigenvalue weighted by atomic mass is 79.9. The van der Waals surface area contributed by atoms with E-state index in [2.05, 4.69) is 52.0 Å². The van der Waals surface area contributed by atoms with Gasteiger partial charge in [-0.1, -0.05) is 0 Å². The van der Waals surface area contributed by atoms with Gasteiger partial charge < -0.3 is 0 Å². The molecular weight excluding hydrogens is 338 g/mol. The Labute approximate surface area is 107 Å². The predicted molar refractivity (Wildman–Crippen MR) is 67.0 cm³/mol. The van der Waals surface area contributed by atoms with Gasteiger partial charge in [-0.3, -0.25) is 9.97 Å². The van der Waals surface area contributed by atoms with E-state index in [1.165, 1.54) is 4.80 Å². The van der Waals surface area contributed by atoms with Gasteiger partial charge in [0, 0.05) is 19.4 Å². The second-order valence-corrected chi connectivity index (χ2v) is 4.85. The van der Waals surface area contributed by atoms with Gasteiger partial charge in [0.25, 0.3) is 0 Å². The number of benzene rings is 1. The Balaban J connectivity index is 2.65. The van der Waals surface area contributed by atoms with E-state index in [4.69, 9.17) is 0 Å². The van der Waals surface area contributed by atoms with Crippen LogP contribution in [0.3, 0.4) is 0 Å². The van der Waals surface area contributed by atoms with E-state index in [1.54, 1.807) is 19.4 Å². The van der Waals surface area contributed by atoms with Gasteiger partial charge in [-0.05, 0) is 31.9 Å². The Morgan fingerprint density at radius 1 is 0.875 bits per heavy atom. The Morgan fingerprint density at radius 2 is 1.31 bits per heavy atom. The molecule has 5 nitrogen and oxygen atoms in total. The third-order valence-corrected chi connectivity index (χ3v) is 3.75. The van der Waals surface area contributed by atoms with E-state index >= 15 is 0 Å². The van der Waals surface area contributed by atoms with Crippen molar-refractivity contribution in [1.29, 1.82) is 0 Å². The SMILES string of the molecule is Cn1nc2c(Br)c3nccnc3c(Br)c2n1. The molecule has 80 valence electrons. The van der Waals surface area contributed by atoms with Gasteiger partial charge in [0.2, 0.25) is 0 Å². The fraction of sp³-hybridized carbons (Fsp3) is 0.111. The van der Waals surface area contributed by atoms with Gasteiger partial charge in [-0.15, -0.1) is 0 Å². The van der Waals surface area contributed by atoms with Crippen molar-refractivity contribution in [3.05, 3.63) is 21.3 Å². The smallest absolute Gasteiger partial charge is 0.130 e. The third kappa shape index (κ3) is 1.28. The van der Waals surface area contributed by atoms with E-state index in [1.807, 2.05) is 0 Å². The summed E-state index contributed by atoms with van der Waals surface area (Å²) in [6.45, 7) is 0. The molecule has 0 fully saturated rings. The molecule has 0 saturated heterocycles. The van der Waals surface area contributed by atoms with E-state index in [-0.39, 0.29) is 0 Å². The van der Waals surface area contributed by atoms with Gasteiger partial charge >= 0.3 is 0 Å². The number of halogens is 2. The third-order valence-electron chi connectivity index (χ3n) is 2.24. The van der Waals surface area contributed by atoms with Crippen LogP contribution >= 0.6 is 31.9 Å². The molecule has 0 amide bonds. The maximum Gasteiger partial charge on any atom is 0.130 e. The second kappa shape index (κ2) is 3.46. The average Bonchev–Trinajstić information content (AvgIpc) is 2.68. The fourth-order valence-electron chi connectivity index (χ4n) is 1.59. The van der Waals surface area contributed by atoms with Gasteiger partial charge in [-0.25, -0.2) is 0 Å². The molecule has 2 heterocycles. The highest BCUT2D eigenvalue weighted by Gasteiger charge is 2.16. The first kappa shape index (κ1) is 10.1. The van der Waals surface area contributed by atoms with Crippen LogP contribution in [-0.2, 0) is 7.05 Å². The summed E-state index contributed by atoms with van der Waals surface area (Å²) in [5.74, 6) is 0. The summed E-state index contributed by atoms with van der Waals surface area (Å²) in [4.78, 5) is 10.1. The summed E-state index contributed by atoms with van der Waals surface area (Å²) in [5, 5.41) is 8.57. The molecule has 3 rings (SSSR count). The Bertz CT molecular complexity index is 647. The van der Waals surface area contributed by atoms with Crippen LogP contribution in [0, 0.1) is 0 Å². The fourth-order valence-corrected chi connectivity index (χ4v) is 2.70. The van der Waals surface area contributed by atoms with Crippen molar-refractivity contribution < 1.29 is 0 Å². The lowest BCUT2D eigenvalue weighted by atomic mass is 10.2. The average molecular weight is 343 g/mol. The summed E-state index contributed by atoms with van der Waals surface area (Å²) >= 11 is 6.98. The molecule has 1 aromatic carbocycles. The lowest BCUT2D eigenvalue weighted by molar-refractivity contribution is 0.665. The van der Waals surface area contributed by atoms with Crippen LogP contribution < -0.4 is 0 Å². The second-order valence-electron chi connectivity index (χ2n) is 3.27. The number of rotatable bonds is 0. The largest absolute Gasteiger partial charge is 0.252 e. The van der Waals surface area contributed by atoms with E-state index in [9.17, 15) is 0 Å². The summed E-state index contributed by atoms with van der Waals surface area (Å²) in [7, 11) is 1.78. The van der Waals surface area contributed by atoms with Crippen LogP contribution in [0.4, 0.5) is 0 Å². The normalized spacial score (nSPS) is 11.4. The minimum Gasteiger partial charge on any atom is -0.252 e. The summed E-state index contributed by atoms with van der Waals surface area (Å²) < 4.78 is 1.64. The zero-order valence-electron chi connectivity index (χ0n) is 8.15. The zero-order chi connectivity index (χ0) is 11.3. The molecule has 0 aliphatic carbocycles. The van der Waals surface area contributed by atoms with Crippen LogP contribution in [0.5, 0.6) is 0 Å². The highest BCUT2D eigenvalue weighted by Crippen LogP contribution is 2.34. The summed E-state index contributed by atoms with van der Waals surface area (Å²) in [6.07, 6.45) is 3.31. The van der Waals surface area contributed by atoms with Gasteiger partial charge in [0.1, 0.15) is 22.1 Å². The lowest BCUT2D eigenvalue weighted by Crippen LogP contribution is -1.90. The molecule has 0 atom stereocenters. The quantitative estimate of drug-likeness (QED) is 0.629. The van der Waals surface area contributed by atoms with Gasteiger partial charge in [-0.2, -0.15) is 15.0 Å². The number of aromatic nitrogens is 5. The molecule has 0 bridgehead atoms. The van der Waals surface area contributed by atoms with E-state index < -0.39 is 0 Å². The van der Waals surface area contributed by atoms with Gasteiger partial charge in [0.15, 0.2) is 0 Å². The first-order valence-corrected chi connectivity index (χ1v) is 6.06. The molecule has 0 N–H and O–H groups in total. The number of nitrogens with zero attached hydrogens (tertiary/aromatic N) is 5. The standard InChI is InChI=1S/C9H5Br2N5/c1-16-14-8-4(10)6-7(13-3-2-12-6)5(11)9(8)15-16/h2-3H,1H3. The number of aryl methyl sites for hydroxylation is 1. The van der Waals surface area contributed by atoms with Crippen LogP contribution in [0.1, 0.15) is 0 Å². The van der Waals surface area contributed by atoms with Crippen molar-refractivity contribution in [3.63, 3.8) is 0 Å². The summed E-state index contributed by atoms with van der Waals surface area (Å²) in [5.41, 5.74) is 3.12. The van der Waals surface area contributed by atoms with Crippen molar-refractivity contribution in [1.82, 2.24) is 25.0 Å². The van der Waals surface area contributed by atoms with Crippen molar-refractivity contribution >= 4 is 53.9 Å². The van der Waals surface area contributed by atoms with E-state index in [0.29, 0.717) is 0 Å². The van der Waals surface area contributed by atoms with Crippen molar-refractivity contribution in [2.45, 2.75) is 0 Å². The molecule has 0 radical (unpaired) electrons. The van der Waals surface area contributed by atoms with Crippen molar-refractivity contribution in [3.8, 4) is 0 Å². The number of fused-ring (bicyclic) bond motifs is 2. The maximum absolute atomic E-state index is 4.28. The number of hydrogen-bond acceptors (Lipinski definition) is 4. The molecule has 0 aliphatic rings. The van der Waals surface area contributed by atoms with Crippen LogP contribution in [-0.4, -0.2) is 25.0 Å². The zero-order valence-corrected chi connectivity index (χ0v) is 11.3. The minimum absolute atomic E-state index is 0.780. The molecule has 0 unspecified atom stereocenters. The molecule has 3 aromatic rings. The van der Waals surface area contributed by atoms with Gasteiger partial charge in [0.05, 0.1) is 8.95 Å². The molecule has 0 spiro atoms. The molecule has 16 heavy (non-hydrogen) atoms. The Hall–Kier alpha value is -1.08. The van der Waals surface area contributed by atoms with Crippen molar-refractivity contribution in [2.75, 3.05) is 0 Å². The van der Waals surface area contributed by atoms with Crippen LogP contribution in [0.15, 0.2) is 21.3 Å². The summed E-state index contributed by atoms with van der Waals surface area (Å²) in [6, 6.07) is 0. The monoisotopic (exact) mass is 341 g/mol. The molecule has 0 saturated carbocycles. The molecule has 0 aliphatic heterocycles. The number of hydrogen-bond donors (Lipinski definition) is 0. The van der Waals surface area contributed by atoms with Crippen LogP contribution in [0.25, 0.3) is 22.1 Å². The Kier molecular flexibility index (Phi) is 2.18. The molecule has 7 heteroatoms. The van der Waals surface area contributed by atoms with Crippen LogP contribution in [0.2, 0.25) is 0 Å².